The molecule has 0 atom stereocenters. The molecule has 0 saturated heterocycles. The highest BCUT2D eigenvalue weighted by atomic mass is 79.9. The molecule has 19 heavy (non-hydrogen) atoms. The minimum absolute atomic E-state index is 0.00668. The molecule has 0 unspecified atom stereocenters. The van der Waals surface area contributed by atoms with Crippen LogP contribution in [0.2, 0.25) is 0 Å². The van der Waals surface area contributed by atoms with Gasteiger partial charge >= 0.3 is 5.97 Å². The number of benzene rings is 1. The van der Waals surface area contributed by atoms with E-state index < -0.39 is 11.9 Å². The van der Waals surface area contributed by atoms with E-state index in [-0.39, 0.29) is 17.0 Å². The molecular formula is C12H9BrN2O4. The van der Waals surface area contributed by atoms with E-state index in [0.717, 1.165) is 0 Å². The Morgan fingerprint density at radius 2 is 2.11 bits per heavy atom. The Bertz CT molecular complexity index is 651. The van der Waals surface area contributed by atoms with Crippen molar-refractivity contribution in [3.8, 4) is 0 Å². The number of nitrogens with zero attached hydrogens (tertiary/aromatic N) is 1. The van der Waals surface area contributed by atoms with Crippen molar-refractivity contribution in [2.75, 3.05) is 5.32 Å². The second-order valence-corrected chi connectivity index (χ2v) is 4.70. The van der Waals surface area contributed by atoms with Gasteiger partial charge in [-0.15, -0.1) is 0 Å². The highest BCUT2D eigenvalue weighted by molar-refractivity contribution is 9.10. The van der Waals surface area contributed by atoms with E-state index in [1.807, 2.05) is 0 Å². The highest BCUT2D eigenvalue weighted by Crippen LogP contribution is 2.22. The molecule has 0 aliphatic heterocycles. The van der Waals surface area contributed by atoms with Gasteiger partial charge in [-0.1, -0.05) is 21.1 Å². The van der Waals surface area contributed by atoms with Crippen LogP contribution in [0.3, 0.4) is 0 Å². The Hall–Kier alpha value is -2.15. The number of carbonyl (C=O) groups excluding carboxylic acids is 1. The molecule has 2 rings (SSSR count). The number of hydrogen-bond acceptors (Lipinski definition) is 4. The maximum absolute atomic E-state index is 11.9. The quantitative estimate of drug-likeness (QED) is 0.905. The monoisotopic (exact) mass is 324 g/mol. The fraction of sp³-hybridized carbons (Fsp3) is 0.0833. The molecule has 1 aromatic carbocycles. The van der Waals surface area contributed by atoms with Crippen LogP contribution in [0, 0.1) is 6.92 Å². The largest absolute Gasteiger partial charge is 0.478 e. The number of amides is 1. The van der Waals surface area contributed by atoms with Gasteiger partial charge in [0, 0.05) is 10.5 Å². The number of anilines is 1. The zero-order valence-corrected chi connectivity index (χ0v) is 11.4. The van der Waals surface area contributed by atoms with Crippen LogP contribution in [0.5, 0.6) is 0 Å². The summed E-state index contributed by atoms with van der Waals surface area (Å²) in [6.07, 6.45) is 0. The molecule has 0 saturated carbocycles. The smallest absolute Gasteiger partial charge is 0.337 e. The molecule has 0 fully saturated rings. The molecule has 2 aromatic rings. The molecule has 0 radical (unpaired) electrons. The van der Waals surface area contributed by atoms with E-state index in [1.54, 1.807) is 13.0 Å². The topological polar surface area (TPSA) is 92.4 Å². The Morgan fingerprint density at radius 3 is 2.68 bits per heavy atom. The van der Waals surface area contributed by atoms with Gasteiger partial charge in [-0.3, -0.25) is 4.79 Å². The van der Waals surface area contributed by atoms with Crippen LogP contribution in [-0.4, -0.2) is 22.1 Å². The van der Waals surface area contributed by atoms with Crippen molar-refractivity contribution in [3.05, 3.63) is 45.8 Å². The van der Waals surface area contributed by atoms with E-state index in [1.165, 1.54) is 18.2 Å². The third kappa shape index (κ3) is 3.00. The van der Waals surface area contributed by atoms with Crippen LogP contribution in [-0.2, 0) is 0 Å². The summed E-state index contributed by atoms with van der Waals surface area (Å²) >= 11 is 3.22. The number of carboxylic acids is 1. The van der Waals surface area contributed by atoms with Crippen LogP contribution >= 0.6 is 15.9 Å². The third-order valence-corrected chi connectivity index (χ3v) is 2.81. The lowest BCUT2D eigenvalue weighted by molar-refractivity contribution is 0.0698. The summed E-state index contributed by atoms with van der Waals surface area (Å²) in [7, 11) is 0. The maximum atomic E-state index is 11.9. The standard InChI is InChI=1S/C12H9BrN2O4/c1-6-4-10(19-15-6)11(16)14-9-5-7(13)2-3-8(9)12(17)18/h2-5H,1H3,(H,14,16)(H,17,18). The van der Waals surface area contributed by atoms with Crippen molar-refractivity contribution in [2.45, 2.75) is 6.92 Å². The minimum Gasteiger partial charge on any atom is -0.478 e. The number of carboxylic acid groups (broad SMARTS) is 1. The number of carbonyl (C=O) groups is 2. The fourth-order valence-electron chi connectivity index (χ4n) is 1.46. The van der Waals surface area contributed by atoms with Gasteiger partial charge in [-0.25, -0.2) is 4.79 Å². The Labute approximate surface area is 116 Å². The highest BCUT2D eigenvalue weighted by Gasteiger charge is 2.16. The van der Waals surface area contributed by atoms with Gasteiger partial charge in [-0.2, -0.15) is 0 Å². The van der Waals surface area contributed by atoms with Crippen LogP contribution in [0.1, 0.15) is 26.6 Å². The van der Waals surface area contributed by atoms with Crippen LogP contribution in [0.15, 0.2) is 33.3 Å². The predicted octanol–water partition coefficient (Wildman–Crippen LogP) is 2.70. The molecule has 0 aliphatic carbocycles. The number of aryl methyl sites for hydroxylation is 1. The lowest BCUT2D eigenvalue weighted by Crippen LogP contribution is -2.14. The molecule has 0 aliphatic rings. The number of aromatic nitrogens is 1. The Kier molecular flexibility index (Phi) is 3.66. The normalized spacial score (nSPS) is 10.2. The van der Waals surface area contributed by atoms with Gasteiger partial charge in [-0.05, 0) is 25.1 Å². The first kappa shape index (κ1) is 13.3. The van der Waals surface area contributed by atoms with E-state index in [9.17, 15) is 9.59 Å². The molecule has 0 bridgehead atoms. The molecule has 0 spiro atoms. The average Bonchev–Trinajstić information content (AvgIpc) is 2.75. The van der Waals surface area contributed by atoms with Crippen LogP contribution < -0.4 is 5.32 Å². The first-order valence-electron chi connectivity index (χ1n) is 5.25. The van der Waals surface area contributed by atoms with Crippen LogP contribution in [0.4, 0.5) is 5.69 Å². The minimum atomic E-state index is -1.13. The summed E-state index contributed by atoms with van der Waals surface area (Å²) in [4.78, 5) is 22.9. The Balaban J connectivity index is 2.30. The maximum Gasteiger partial charge on any atom is 0.337 e. The van der Waals surface area contributed by atoms with Gasteiger partial charge in [0.1, 0.15) is 0 Å². The van der Waals surface area contributed by atoms with Crippen LogP contribution in [0.25, 0.3) is 0 Å². The second-order valence-electron chi connectivity index (χ2n) is 3.78. The summed E-state index contributed by atoms with van der Waals surface area (Å²) in [6, 6.07) is 5.95. The molecule has 98 valence electrons. The lowest BCUT2D eigenvalue weighted by Gasteiger charge is -2.07. The summed E-state index contributed by atoms with van der Waals surface area (Å²) in [5.74, 6) is -1.66. The van der Waals surface area contributed by atoms with E-state index in [0.29, 0.717) is 10.2 Å². The van der Waals surface area contributed by atoms with Crippen molar-refractivity contribution >= 4 is 33.5 Å². The van der Waals surface area contributed by atoms with Gasteiger partial charge in [0.15, 0.2) is 0 Å². The van der Waals surface area contributed by atoms with Gasteiger partial charge in [0.2, 0.25) is 5.76 Å². The molecule has 1 heterocycles. The van der Waals surface area contributed by atoms with Gasteiger partial charge in [0.25, 0.3) is 5.91 Å². The predicted molar refractivity (Wildman–Crippen MR) is 70.3 cm³/mol. The first-order valence-corrected chi connectivity index (χ1v) is 6.04. The van der Waals surface area contributed by atoms with Gasteiger partial charge < -0.3 is 14.9 Å². The van der Waals surface area contributed by atoms with E-state index >= 15 is 0 Å². The molecule has 1 amide bonds. The number of halogens is 1. The number of aromatic carboxylic acids is 1. The molecular weight excluding hydrogens is 316 g/mol. The molecule has 7 heteroatoms. The third-order valence-electron chi connectivity index (χ3n) is 2.31. The SMILES string of the molecule is Cc1cc(C(=O)Nc2cc(Br)ccc2C(=O)O)on1. The number of hydrogen-bond donors (Lipinski definition) is 2. The Morgan fingerprint density at radius 1 is 1.37 bits per heavy atom. The van der Waals surface area contributed by atoms with Crippen molar-refractivity contribution in [1.29, 1.82) is 0 Å². The van der Waals surface area contributed by atoms with E-state index in [4.69, 9.17) is 9.63 Å². The van der Waals surface area contributed by atoms with Crippen molar-refractivity contribution < 1.29 is 19.2 Å². The molecule has 6 nitrogen and oxygen atoms in total. The molecule has 2 N–H and O–H groups in total. The average molecular weight is 325 g/mol. The van der Waals surface area contributed by atoms with E-state index in [2.05, 4.69) is 26.4 Å². The summed E-state index contributed by atoms with van der Waals surface area (Å²) in [6.45, 7) is 1.68. The zero-order valence-electron chi connectivity index (χ0n) is 9.81. The fourth-order valence-corrected chi connectivity index (χ4v) is 1.82. The summed E-state index contributed by atoms with van der Waals surface area (Å²) in [5, 5.41) is 15.1. The van der Waals surface area contributed by atoms with Crippen molar-refractivity contribution in [2.24, 2.45) is 0 Å². The van der Waals surface area contributed by atoms with Crippen molar-refractivity contribution in [3.63, 3.8) is 0 Å². The number of rotatable bonds is 3. The zero-order chi connectivity index (χ0) is 14.0. The first-order chi connectivity index (χ1) is 8.97. The van der Waals surface area contributed by atoms with Crippen molar-refractivity contribution in [1.82, 2.24) is 5.16 Å². The summed E-state index contributed by atoms with van der Waals surface area (Å²) < 4.78 is 5.46. The second kappa shape index (κ2) is 5.23. The van der Waals surface area contributed by atoms with Gasteiger partial charge in [0.05, 0.1) is 16.9 Å². The lowest BCUT2D eigenvalue weighted by atomic mass is 10.2. The molecule has 1 aromatic heterocycles. The summed E-state index contributed by atoms with van der Waals surface area (Å²) in [5.41, 5.74) is 0.742. The number of nitrogens with one attached hydrogen (secondary N) is 1.